The van der Waals surface area contributed by atoms with E-state index in [1.165, 1.54) is 10.9 Å². The number of carbonyl (C=O) groups is 1. The molecule has 1 heterocycles. The van der Waals surface area contributed by atoms with Gasteiger partial charge in [-0.1, -0.05) is 29.3 Å². The first-order chi connectivity index (χ1) is 10.6. The monoisotopic (exact) mass is 332 g/mol. The number of nitrogens with one attached hydrogen (secondary N) is 2. The molecule has 5 heteroatoms. The number of halogens is 2. The molecule has 0 saturated carbocycles. The van der Waals surface area contributed by atoms with Gasteiger partial charge in [-0.25, -0.2) is 0 Å². The van der Waals surface area contributed by atoms with E-state index >= 15 is 0 Å². The molecule has 0 aliphatic heterocycles. The molecule has 0 bridgehead atoms. The third kappa shape index (κ3) is 3.26. The van der Waals surface area contributed by atoms with Gasteiger partial charge in [0.05, 0.1) is 10.6 Å². The SMILES string of the molecule is O=C(NCCc1ccc2[nH]ccc2c1)c1ccc(Cl)cc1Cl. The van der Waals surface area contributed by atoms with Crippen LogP contribution >= 0.6 is 23.2 Å². The lowest BCUT2D eigenvalue weighted by Gasteiger charge is -2.07. The number of hydrogen-bond acceptors (Lipinski definition) is 1. The maximum atomic E-state index is 12.1. The lowest BCUT2D eigenvalue weighted by Crippen LogP contribution is -2.25. The molecular formula is C17H14Cl2N2O. The van der Waals surface area contributed by atoms with E-state index in [0.29, 0.717) is 22.2 Å². The number of fused-ring (bicyclic) bond motifs is 1. The lowest BCUT2D eigenvalue weighted by atomic mass is 10.1. The Morgan fingerprint density at radius 1 is 1.09 bits per heavy atom. The molecule has 3 aromatic rings. The summed E-state index contributed by atoms with van der Waals surface area (Å²) < 4.78 is 0. The molecule has 0 radical (unpaired) electrons. The summed E-state index contributed by atoms with van der Waals surface area (Å²) in [6.45, 7) is 0.549. The molecule has 0 unspecified atom stereocenters. The van der Waals surface area contributed by atoms with Gasteiger partial charge in [-0.3, -0.25) is 4.79 Å². The predicted molar refractivity (Wildman–Crippen MR) is 90.8 cm³/mol. The van der Waals surface area contributed by atoms with Gasteiger partial charge in [0.25, 0.3) is 5.91 Å². The highest BCUT2D eigenvalue weighted by molar-refractivity contribution is 6.36. The Bertz CT molecular complexity index is 826. The highest BCUT2D eigenvalue weighted by Crippen LogP contribution is 2.20. The summed E-state index contributed by atoms with van der Waals surface area (Å²) in [6.07, 6.45) is 2.68. The first-order valence-electron chi connectivity index (χ1n) is 6.93. The van der Waals surface area contributed by atoms with E-state index in [1.807, 2.05) is 18.3 Å². The molecule has 3 nitrogen and oxygen atoms in total. The van der Waals surface area contributed by atoms with Crippen molar-refractivity contribution in [2.24, 2.45) is 0 Å². The predicted octanol–water partition coefficient (Wildman–Crippen LogP) is 4.45. The second-order valence-electron chi connectivity index (χ2n) is 5.03. The first-order valence-corrected chi connectivity index (χ1v) is 7.68. The Morgan fingerprint density at radius 2 is 1.95 bits per heavy atom. The molecule has 0 saturated heterocycles. The average molecular weight is 333 g/mol. The fourth-order valence-corrected chi connectivity index (χ4v) is 2.84. The summed E-state index contributed by atoms with van der Waals surface area (Å²) in [7, 11) is 0. The van der Waals surface area contributed by atoms with E-state index in [4.69, 9.17) is 23.2 Å². The summed E-state index contributed by atoms with van der Waals surface area (Å²) >= 11 is 11.9. The zero-order chi connectivity index (χ0) is 15.5. The highest BCUT2D eigenvalue weighted by atomic mass is 35.5. The number of hydrogen-bond donors (Lipinski definition) is 2. The lowest BCUT2D eigenvalue weighted by molar-refractivity contribution is 0.0954. The Labute approximate surface area is 138 Å². The minimum absolute atomic E-state index is 0.190. The van der Waals surface area contributed by atoms with Crippen molar-refractivity contribution in [3.63, 3.8) is 0 Å². The third-order valence-electron chi connectivity index (χ3n) is 3.49. The van der Waals surface area contributed by atoms with E-state index in [2.05, 4.69) is 22.4 Å². The van der Waals surface area contributed by atoms with Crippen molar-refractivity contribution in [1.82, 2.24) is 10.3 Å². The maximum absolute atomic E-state index is 12.1. The molecule has 0 spiro atoms. The molecule has 0 aliphatic carbocycles. The van der Waals surface area contributed by atoms with Gasteiger partial charge in [0.2, 0.25) is 0 Å². The van der Waals surface area contributed by atoms with Crippen LogP contribution in [-0.2, 0) is 6.42 Å². The number of carbonyl (C=O) groups excluding carboxylic acids is 1. The van der Waals surface area contributed by atoms with Crippen LogP contribution in [0.25, 0.3) is 10.9 Å². The van der Waals surface area contributed by atoms with Gasteiger partial charge in [0, 0.05) is 23.3 Å². The maximum Gasteiger partial charge on any atom is 0.252 e. The minimum atomic E-state index is -0.190. The van der Waals surface area contributed by atoms with Crippen LogP contribution in [0.5, 0.6) is 0 Å². The summed E-state index contributed by atoms with van der Waals surface area (Å²) in [5.74, 6) is -0.190. The Balaban J connectivity index is 1.61. The summed E-state index contributed by atoms with van der Waals surface area (Å²) in [6, 6.07) is 13.1. The molecule has 2 N–H and O–H groups in total. The number of aromatic nitrogens is 1. The van der Waals surface area contributed by atoms with Gasteiger partial charge in [-0.05, 0) is 53.8 Å². The molecule has 1 aromatic heterocycles. The van der Waals surface area contributed by atoms with Crippen molar-refractivity contribution < 1.29 is 4.79 Å². The fourth-order valence-electron chi connectivity index (χ4n) is 2.35. The Morgan fingerprint density at radius 3 is 2.77 bits per heavy atom. The van der Waals surface area contributed by atoms with Crippen molar-refractivity contribution in [2.45, 2.75) is 6.42 Å². The quantitative estimate of drug-likeness (QED) is 0.728. The van der Waals surface area contributed by atoms with Crippen molar-refractivity contribution in [1.29, 1.82) is 0 Å². The number of benzene rings is 2. The van der Waals surface area contributed by atoms with Crippen LogP contribution in [0.15, 0.2) is 48.7 Å². The van der Waals surface area contributed by atoms with E-state index < -0.39 is 0 Å². The number of aromatic amines is 1. The van der Waals surface area contributed by atoms with Crippen LogP contribution in [0, 0.1) is 0 Å². The molecule has 1 amide bonds. The van der Waals surface area contributed by atoms with Crippen LogP contribution in [0.2, 0.25) is 10.0 Å². The molecule has 2 aromatic carbocycles. The zero-order valence-corrected chi connectivity index (χ0v) is 13.2. The van der Waals surface area contributed by atoms with Gasteiger partial charge >= 0.3 is 0 Å². The number of amides is 1. The topological polar surface area (TPSA) is 44.9 Å². The van der Waals surface area contributed by atoms with Gasteiger partial charge < -0.3 is 10.3 Å². The fraction of sp³-hybridized carbons (Fsp3) is 0.118. The van der Waals surface area contributed by atoms with Crippen molar-refractivity contribution >= 4 is 40.0 Å². The normalized spacial score (nSPS) is 10.8. The highest BCUT2D eigenvalue weighted by Gasteiger charge is 2.10. The molecule has 0 fully saturated rings. The van der Waals surface area contributed by atoms with Crippen LogP contribution < -0.4 is 5.32 Å². The van der Waals surface area contributed by atoms with Crippen molar-refractivity contribution in [3.8, 4) is 0 Å². The van der Waals surface area contributed by atoms with Gasteiger partial charge in [0.15, 0.2) is 0 Å². The van der Waals surface area contributed by atoms with Gasteiger partial charge in [0.1, 0.15) is 0 Å². The van der Waals surface area contributed by atoms with E-state index in [9.17, 15) is 4.79 Å². The molecular weight excluding hydrogens is 319 g/mol. The number of H-pyrrole nitrogens is 1. The molecule has 112 valence electrons. The zero-order valence-electron chi connectivity index (χ0n) is 11.7. The van der Waals surface area contributed by atoms with Crippen molar-refractivity contribution in [3.05, 3.63) is 69.8 Å². The minimum Gasteiger partial charge on any atom is -0.361 e. The molecule has 0 atom stereocenters. The number of rotatable bonds is 4. The van der Waals surface area contributed by atoms with Crippen LogP contribution in [0.3, 0.4) is 0 Å². The first kappa shape index (κ1) is 14.9. The standard InChI is InChI=1S/C17H14Cl2N2O/c18-13-2-3-14(15(19)10-13)17(22)21-7-5-11-1-4-16-12(9-11)6-8-20-16/h1-4,6,8-10,20H,5,7H2,(H,21,22). The molecule has 3 rings (SSSR count). The smallest absolute Gasteiger partial charge is 0.252 e. The van der Waals surface area contributed by atoms with E-state index in [-0.39, 0.29) is 5.91 Å². The average Bonchev–Trinajstić information content (AvgIpc) is 2.94. The molecule has 22 heavy (non-hydrogen) atoms. The second-order valence-corrected chi connectivity index (χ2v) is 5.87. The Hall–Kier alpha value is -1.97. The van der Waals surface area contributed by atoms with Crippen LogP contribution in [-0.4, -0.2) is 17.4 Å². The summed E-state index contributed by atoms with van der Waals surface area (Å²) in [4.78, 5) is 15.3. The van der Waals surface area contributed by atoms with E-state index in [0.717, 1.165) is 11.9 Å². The van der Waals surface area contributed by atoms with E-state index in [1.54, 1.807) is 18.2 Å². The summed E-state index contributed by atoms with van der Waals surface area (Å²) in [5.41, 5.74) is 2.72. The Kier molecular flexibility index (Phi) is 4.36. The van der Waals surface area contributed by atoms with Crippen molar-refractivity contribution in [2.75, 3.05) is 6.54 Å². The second kappa shape index (κ2) is 6.42. The van der Waals surface area contributed by atoms with Crippen LogP contribution in [0.4, 0.5) is 0 Å². The largest absolute Gasteiger partial charge is 0.361 e. The van der Waals surface area contributed by atoms with Crippen LogP contribution in [0.1, 0.15) is 15.9 Å². The summed E-state index contributed by atoms with van der Waals surface area (Å²) in [5, 5.41) is 4.92. The molecule has 0 aliphatic rings. The van der Waals surface area contributed by atoms with Gasteiger partial charge in [-0.15, -0.1) is 0 Å². The third-order valence-corrected chi connectivity index (χ3v) is 4.04. The van der Waals surface area contributed by atoms with Gasteiger partial charge in [-0.2, -0.15) is 0 Å².